The molecule has 1 aliphatic heterocycles. The van der Waals surface area contributed by atoms with Gasteiger partial charge in [-0.1, -0.05) is 0 Å². The van der Waals surface area contributed by atoms with Crippen LogP contribution in [0, 0.1) is 0 Å². The number of carbonyl (C=O) groups is 4. The minimum Gasteiger partial charge on any atom is -0.480 e. The van der Waals surface area contributed by atoms with Crippen LogP contribution in [0.2, 0.25) is 0 Å². The number of hydrogen-bond donors (Lipinski definition) is 9. The van der Waals surface area contributed by atoms with Gasteiger partial charge >= 0.3 is 5.97 Å². The van der Waals surface area contributed by atoms with Gasteiger partial charge in [-0.25, -0.2) is 9.78 Å². The molecule has 3 amide bonds. The number of H-pyrrole nitrogens is 1. The number of aliphatic carboxylic acids is 1. The van der Waals surface area contributed by atoms with Gasteiger partial charge < -0.3 is 42.8 Å². The van der Waals surface area contributed by atoms with Crippen molar-refractivity contribution in [2.24, 2.45) is 16.5 Å². The first-order chi connectivity index (χ1) is 16.7. The second-order valence-electron chi connectivity index (χ2n) is 8.08. The zero-order valence-corrected chi connectivity index (χ0v) is 20.1. The maximum Gasteiger partial charge on any atom is 0.326 e. The lowest BCUT2D eigenvalue weighted by Crippen LogP contribution is -2.58. The van der Waals surface area contributed by atoms with Gasteiger partial charge in [0, 0.05) is 30.6 Å². The molecule has 10 N–H and O–H groups in total. The molecule has 35 heavy (non-hydrogen) atoms. The van der Waals surface area contributed by atoms with E-state index in [2.05, 4.69) is 48.9 Å². The molecule has 0 aromatic carbocycles. The molecule has 0 radical (unpaired) electrons. The minimum absolute atomic E-state index is 0.00519. The van der Waals surface area contributed by atoms with E-state index in [0.29, 0.717) is 18.5 Å². The van der Waals surface area contributed by atoms with Crippen LogP contribution < -0.4 is 32.7 Å². The third-order valence-corrected chi connectivity index (χ3v) is 5.73. The summed E-state index contributed by atoms with van der Waals surface area (Å²) in [6, 6.07) is -3.72. The van der Waals surface area contributed by atoms with Crippen LogP contribution in [0.4, 0.5) is 0 Å². The van der Waals surface area contributed by atoms with Crippen molar-refractivity contribution >= 4 is 42.3 Å². The van der Waals surface area contributed by atoms with Gasteiger partial charge in [0.05, 0.1) is 12.4 Å². The fraction of sp³-hybridized carbons (Fsp3) is 0.600. The SMILES string of the molecule is NC(N)=NCCCC(NC(=O)C(Cc1cnc[nH]1)NC(=O)C(CS)NC(=O)C1CCCN1)C(=O)O. The molecule has 4 unspecified atom stereocenters. The monoisotopic (exact) mass is 511 g/mol. The molecule has 1 fully saturated rings. The number of nitrogens with zero attached hydrogens (tertiary/aromatic N) is 2. The molecule has 2 rings (SSSR count). The third kappa shape index (κ3) is 9.44. The van der Waals surface area contributed by atoms with Crippen molar-refractivity contribution in [1.29, 1.82) is 0 Å². The second kappa shape index (κ2) is 14.2. The molecule has 0 saturated carbocycles. The highest BCUT2D eigenvalue weighted by molar-refractivity contribution is 7.80. The van der Waals surface area contributed by atoms with Gasteiger partial charge in [0.15, 0.2) is 5.96 Å². The van der Waals surface area contributed by atoms with Gasteiger partial charge in [0.1, 0.15) is 18.1 Å². The number of hydrogen-bond acceptors (Lipinski definition) is 8. The Hall–Kier alpha value is -3.33. The van der Waals surface area contributed by atoms with Gasteiger partial charge in [-0.2, -0.15) is 12.6 Å². The van der Waals surface area contributed by atoms with Gasteiger partial charge in [-0.15, -0.1) is 0 Å². The van der Waals surface area contributed by atoms with Gasteiger partial charge in [0.25, 0.3) is 0 Å². The second-order valence-corrected chi connectivity index (χ2v) is 8.45. The number of nitrogens with two attached hydrogens (primary N) is 2. The van der Waals surface area contributed by atoms with Gasteiger partial charge in [-0.05, 0) is 32.2 Å². The van der Waals surface area contributed by atoms with Crippen LogP contribution >= 0.6 is 12.6 Å². The maximum atomic E-state index is 13.0. The molecule has 0 bridgehead atoms. The molecule has 0 spiro atoms. The summed E-state index contributed by atoms with van der Waals surface area (Å²) in [5.41, 5.74) is 11.1. The normalized spacial score (nSPS) is 17.6. The average Bonchev–Trinajstić information content (AvgIpc) is 3.52. The lowest BCUT2D eigenvalue weighted by atomic mass is 10.1. The Bertz CT molecular complexity index is 886. The number of aliphatic imine (C=N–C) groups is 1. The van der Waals surface area contributed by atoms with E-state index in [9.17, 15) is 24.3 Å². The molecule has 14 nitrogen and oxygen atoms in total. The number of thiol groups is 1. The molecule has 4 atom stereocenters. The van der Waals surface area contributed by atoms with Crippen molar-refractivity contribution in [3.63, 3.8) is 0 Å². The largest absolute Gasteiger partial charge is 0.480 e. The lowest BCUT2D eigenvalue weighted by molar-refractivity contribution is -0.142. The number of imidazole rings is 1. The third-order valence-electron chi connectivity index (χ3n) is 5.36. The molecule has 15 heteroatoms. The Morgan fingerprint density at radius 1 is 1.17 bits per heavy atom. The van der Waals surface area contributed by atoms with Crippen LogP contribution in [0.25, 0.3) is 0 Å². The van der Waals surface area contributed by atoms with Crippen LogP contribution in [-0.2, 0) is 25.6 Å². The number of carboxylic acid groups (broad SMARTS) is 1. The minimum atomic E-state index is -1.24. The molecule has 1 aliphatic rings. The van der Waals surface area contributed by atoms with E-state index >= 15 is 0 Å². The van der Waals surface area contributed by atoms with Crippen molar-refractivity contribution < 1.29 is 24.3 Å². The summed E-state index contributed by atoms with van der Waals surface area (Å²) in [7, 11) is 0. The van der Waals surface area contributed by atoms with Crippen molar-refractivity contribution in [2.45, 2.75) is 56.3 Å². The first-order valence-electron chi connectivity index (χ1n) is 11.2. The van der Waals surface area contributed by atoms with Crippen molar-refractivity contribution in [2.75, 3.05) is 18.8 Å². The van der Waals surface area contributed by atoms with E-state index in [4.69, 9.17) is 11.5 Å². The van der Waals surface area contributed by atoms with E-state index < -0.39 is 35.9 Å². The Morgan fingerprint density at radius 3 is 2.46 bits per heavy atom. The summed E-state index contributed by atoms with van der Waals surface area (Å²) in [5, 5.41) is 20.3. The maximum absolute atomic E-state index is 13.0. The Balaban J connectivity index is 2.05. The number of amides is 3. The summed E-state index contributed by atoms with van der Waals surface area (Å²) in [4.78, 5) is 60.5. The topological polar surface area (TPSA) is 230 Å². The average molecular weight is 512 g/mol. The summed E-state index contributed by atoms with van der Waals surface area (Å²) >= 11 is 4.16. The molecule has 1 aromatic rings. The predicted molar refractivity (Wildman–Crippen MR) is 131 cm³/mol. The number of rotatable bonds is 14. The number of aromatic nitrogens is 2. The zero-order chi connectivity index (χ0) is 25.8. The molecule has 1 saturated heterocycles. The van der Waals surface area contributed by atoms with E-state index in [1.54, 1.807) is 0 Å². The van der Waals surface area contributed by atoms with Crippen LogP contribution in [0.1, 0.15) is 31.4 Å². The first kappa shape index (κ1) is 27.9. The Kier molecular flexibility index (Phi) is 11.3. The lowest BCUT2D eigenvalue weighted by Gasteiger charge is -2.24. The Labute approximate surface area is 207 Å². The zero-order valence-electron chi connectivity index (χ0n) is 19.2. The molecular formula is C20H33N9O5S. The van der Waals surface area contributed by atoms with Crippen molar-refractivity contribution in [1.82, 2.24) is 31.2 Å². The number of aromatic amines is 1. The van der Waals surface area contributed by atoms with Gasteiger partial charge in [-0.3, -0.25) is 19.4 Å². The highest BCUT2D eigenvalue weighted by atomic mass is 32.1. The van der Waals surface area contributed by atoms with Crippen LogP contribution in [-0.4, -0.2) is 87.7 Å². The number of guanidine groups is 1. The summed E-state index contributed by atoms with van der Waals surface area (Å²) in [5.74, 6) is -2.99. The van der Waals surface area contributed by atoms with E-state index in [1.165, 1.54) is 12.5 Å². The number of carboxylic acids is 1. The van der Waals surface area contributed by atoms with Crippen LogP contribution in [0.15, 0.2) is 17.5 Å². The quantitative estimate of drug-likeness (QED) is 0.0544. The fourth-order valence-corrected chi connectivity index (χ4v) is 3.76. The molecule has 0 aliphatic carbocycles. The van der Waals surface area contributed by atoms with E-state index in [0.717, 1.165) is 13.0 Å². The fourth-order valence-electron chi connectivity index (χ4n) is 3.51. The first-order valence-corrected chi connectivity index (χ1v) is 11.8. The van der Waals surface area contributed by atoms with Crippen LogP contribution in [0.5, 0.6) is 0 Å². The van der Waals surface area contributed by atoms with Gasteiger partial charge in [0.2, 0.25) is 17.7 Å². The summed E-state index contributed by atoms with van der Waals surface area (Å²) in [6.07, 6.45) is 4.84. The van der Waals surface area contributed by atoms with E-state index in [1.807, 2.05) is 0 Å². The van der Waals surface area contributed by atoms with Crippen molar-refractivity contribution in [3.8, 4) is 0 Å². The Morgan fingerprint density at radius 2 is 1.89 bits per heavy atom. The highest BCUT2D eigenvalue weighted by Gasteiger charge is 2.31. The molecular weight excluding hydrogens is 478 g/mol. The van der Waals surface area contributed by atoms with Crippen LogP contribution in [0.3, 0.4) is 0 Å². The molecule has 1 aromatic heterocycles. The molecule has 194 valence electrons. The molecule has 2 heterocycles. The van der Waals surface area contributed by atoms with E-state index in [-0.39, 0.29) is 43.0 Å². The smallest absolute Gasteiger partial charge is 0.326 e. The number of carbonyl (C=O) groups excluding carboxylic acids is 3. The summed E-state index contributed by atoms with van der Waals surface area (Å²) < 4.78 is 0. The number of nitrogens with one attached hydrogen (secondary N) is 5. The standard InChI is InChI=1S/C20H33N9O5S/c21-20(22)25-6-2-4-13(19(33)34)27-17(31)14(7-11-8-23-10-26-11)28-18(32)15(9-35)29-16(30)12-3-1-5-24-12/h8,10,12-15,24,35H,1-7,9H2,(H,23,26)(H,27,31)(H,28,32)(H,29,30)(H,33,34)(H4,21,22,25). The summed E-state index contributed by atoms with van der Waals surface area (Å²) in [6.45, 7) is 0.925. The highest BCUT2D eigenvalue weighted by Crippen LogP contribution is 2.07. The predicted octanol–water partition coefficient (Wildman–Crippen LogP) is -2.77. The van der Waals surface area contributed by atoms with Crippen molar-refractivity contribution in [3.05, 3.63) is 18.2 Å².